The van der Waals surface area contributed by atoms with Crippen molar-refractivity contribution in [3.63, 3.8) is 0 Å². The van der Waals surface area contributed by atoms with Crippen LogP contribution in [0, 0.1) is 5.82 Å². The second-order valence-electron chi connectivity index (χ2n) is 7.02. The highest BCUT2D eigenvalue weighted by molar-refractivity contribution is 5.85. The van der Waals surface area contributed by atoms with E-state index in [9.17, 15) is 4.39 Å². The molecule has 5 aromatic rings. The van der Waals surface area contributed by atoms with Gasteiger partial charge in [-0.15, -0.1) is 24.8 Å². The Bertz CT molecular complexity index is 1380. The van der Waals surface area contributed by atoms with Crippen molar-refractivity contribution in [1.82, 2.24) is 19.6 Å². The molecule has 0 amide bonds. The monoisotopic (exact) mass is 486 g/mol. The first-order valence-corrected chi connectivity index (χ1v) is 9.67. The number of benzene rings is 2. The summed E-state index contributed by atoms with van der Waals surface area (Å²) in [4.78, 5) is 4.53. The number of halogens is 3. The Morgan fingerprint density at radius 1 is 0.818 bits per heavy atom. The average Bonchev–Trinajstić information content (AvgIpc) is 3.46. The lowest BCUT2D eigenvalue weighted by atomic mass is 10.0. The molecule has 0 radical (unpaired) electrons. The first-order chi connectivity index (χ1) is 15.2. The third-order valence-corrected chi connectivity index (χ3v) is 5.27. The Kier molecular flexibility index (Phi) is 7.26. The highest BCUT2D eigenvalue weighted by atomic mass is 35.5. The molecule has 0 aliphatic heterocycles. The van der Waals surface area contributed by atoms with E-state index in [0.29, 0.717) is 11.5 Å². The quantitative estimate of drug-likeness (QED) is 0.328. The SMILES string of the molecule is COc1ccc(-c2cnc3ccc(-c4cn[nH]c4-c4ccc(F)cc4)cn23)cc1OC.Cl.Cl. The van der Waals surface area contributed by atoms with Gasteiger partial charge in [0, 0.05) is 28.5 Å². The number of aromatic amines is 1. The van der Waals surface area contributed by atoms with Crippen LogP contribution >= 0.6 is 24.8 Å². The van der Waals surface area contributed by atoms with E-state index in [1.807, 2.05) is 47.1 Å². The summed E-state index contributed by atoms with van der Waals surface area (Å²) in [6, 6.07) is 16.1. The molecule has 3 aromatic heterocycles. The van der Waals surface area contributed by atoms with Crippen LogP contribution in [0.2, 0.25) is 0 Å². The molecule has 6 nitrogen and oxygen atoms in total. The van der Waals surface area contributed by atoms with Crippen molar-refractivity contribution < 1.29 is 13.9 Å². The summed E-state index contributed by atoms with van der Waals surface area (Å²) >= 11 is 0. The van der Waals surface area contributed by atoms with Gasteiger partial charge in [-0.25, -0.2) is 9.37 Å². The van der Waals surface area contributed by atoms with Crippen LogP contribution in [-0.2, 0) is 0 Å². The number of hydrogen-bond acceptors (Lipinski definition) is 4. The Hall–Kier alpha value is -3.55. The second kappa shape index (κ2) is 9.94. The number of nitrogens with one attached hydrogen (secondary N) is 1. The predicted octanol–water partition coefficient (Wildman–Crippen LogP) is 6.06. The van der Waals surface area contributed by atoms with Crippen LogP contribution in [0.4, 0.5) is 4.39 Å². The molecule has 2 aromatic carbocycles. The third-order valence-electron chi connectivity index (χ3n) is 5.27. The molecular formula is C24H21Cl2FN4O2. The molecule has 1 N–H and O–H groups in total. The van der Waals surface area contributed by atoms with E-state index in [-0.39, 0.29) is 30.6 Å². The van der Waals surface area contributed by atoms with Crippen molar-refractivity contribution in [3.05, 3.63) is 79.0 Å². The van der Waals surface area contributed by atoms with Gasteiger partial charge < -0.3 is 9.47 Å². The van der Waals surface area contributed by atoms with E-state index in [4.69, 9.17) is 9.47 Å². The summed E-state index contributed by atoms with van der Waals surface area (Å²) in [7, 11) is 3.23. The molecule has 9 heteroatoms. The number of methoxy groups -OCH3 is 2. The molecule has 0 spiro atoms. The Labute approximate surface area is 202 Å². The number of ether oxygens (including phenoxy) is 2. The molecule has 0 saturated carbocycles. The van der Waals surface area contributed by atoms with Crippen LogP contribution in [0.5, 0.6) is 11.5 Å². The van der Waals surface area contributed by atoms with Crippen LogP contribution in [0.1, 0.15) is 0 Å². The molecule has 3 heterocycles. The lowest BCUT2D eigenvalue weighted by Crippen LogP contribution is -1.93. The fourth-order valence-corrected chi connectivity index (χ4v) is 3.69. The van der Waals surface area contributed by atoms with Gasteiger partial charge in [-0.1, -0.05) is 0 Å². The summed E-state index contributed by atoms with van der Waals surface area (Å²) in [5, 5.41) is 7.24. The van der Waals surface area contributed by atoms with Gasteiger partial charge in [0.05, 0.1) is 38.0 Å². The Morgan fingerprint density at radius 2 is 1.52 bits per heavy atom. The number of nitrogens with zero attached hydrogens (tertiary/aromatic N) is 3. The van der Waals surface area contributed by atoms with E-state index in [2.05, 4.69) is 15.2 Å². The highest BCUT2D eigenvalue weighted by Gasteiger charge is 2.14. The highest BCUT2D eigenvalue weighted by Crippen LogP contribution is 2.34. The van der Waals surface area contributed by atoms with Gasteiger partial charge in [0.1, 0.15) is 11.5 Å². The van der Waals surface area contributed by atoms with Gasteiger partial charge in [0.25, 0.3) is 0 Å². The molecule has 0 unspecified atom stereocenters. The fraction of sp³-hybridized carbons (Fsp3) is 0.0833. The average molecular weight is 487 g/mol. The van der Waals surface area contributed by atoms with Gasteiger partial charge >= 0.3 is 0 Å². The molecule has 0 atom stereocenters. The molecule has 0 fully saturated rings. The molecule has 33 heavy (non-hydrogen) atoms. The van der Waals surface area contributed by atoms with Crippen molar-refractivity contribution >= 4 is 30.5 Å². The number of imidazole rings is 1. The van der Waals surface area contributed by atoms with E-state index in [1.165, 1.54) is 12.1 Å². The van der Waals surface area contributed by atoms with Crippen molar-refractivity contribution in [1.29, 1.82) is 0 Å². The number of pyridine rings is 1. The predicted molar refractivity (Wildman–Crippen MR) is 131 cm³/mol. The van der Waals surface area contributed by atoms with Crippen molar-refractivity contribution in [3.8, 4) is 45.1 Å². The molecule has 170 valence electrons. The molecule has 5 rings (SSSR count). The normalized spacial score (nSPS) is 10.4. The lowest BCUT2D eigenvalue weighted by Gasteiger charge is -2.10. The summed E-state index contributed by atoms with van der Waals surface area (Å²) in [5.41, 5.74) is 6.26. The summed E-state index contributed by atoms with van der Waals surface area (Å²) in [5.74, 6) is 1.05. The van der Waals surface area contributed by atoms with Gasteiger partial charge in [-0.05, 0) is 54.6 Å². The molecular weight excluding hydrogens is 466 g/mol. The number of H-pyrrole nitrogens is 1. The number of aromatic nitrogens is 4. The maximum absolute atomic E-state index is 13.3. The summed E-state index contributed by atoms with van der Waals surface area (Å²) in [6.45, 7) is 0. The largest absolute Gasteiger partial charge is 0.493 e. The topological polar surface area (TPSA) is 64.4 Å². The Morgan fingerprint density at radius 3 is 2.24 bits per heavy atom. The maximum Gasteiger partial charge on any atom is 0.161 e. The van der Waals surface area contributed by atoms with Crippen LogP contribution in [0.3, 0.4) is 0 Å². The van der Waals surface area contributed by atoms with Gasteiger partial charge in [-0.3, -0.25) is 9.50 Å². The van der Waals surface area contributed by atoms with Crippen LogP contribution in [-0.4, -0.2) is 33.8 Å². The van der Waals surface area contributed by atoms with Crippen molar-refractivity contribution in [2.75, 3.05) is 14.2 Å². The summed E-state index contributed by atoms with van der Waals surface area (Å²) < 4.78 is 26.2. The second-order valence-corrected chi connectivity index (χ2v) is 7.02. The third kappa shape index (κ3) is 4.37. The van der Waals surface area contributed by atoms with Gasteiger partial charge in [-0.2, -0.15) is 5.10 Å². The summed E-state index contributed by atoms with van der Waals surface area (Å²) in [6.07, 6.45) is 5.62. The molecule has 0 aliphatic rings. The number of fused-ring (bicyclic) bond motifs is 1. The smallest absolute Gasteiger partial charge is 0.161 e. The van der Waals surface area contributed by atoms with Crippen molar-refractivity contribution in [2.24, 2.45) is 0 Å². The van der Waals surface area contributed by atoms with Crippen molar-refractivity contribution in [2.45, 2.75) is 0 Å². The van der Waals surface area contributed by atoms with E-state index >= 15 is 0 Å². The maximum atomic E-state index is 13.3. The zero-order chi connectivity index (χ0) is 21.4. The van der Waals surface area contributed by atoms with Crippen LogP contribution in [0.25, 0.3) is 39.3 Å². The standard InChI is InChI=1S/C24H19FN4O2.2ClH/c1-30-21-9-5-16(11-22(21)31-2)20-13-26-23-10-6-17(14-29(20)23)19-12-27-28-24(19)15-3-7-18(25)8-4-15;;/h3-14H,1-2H3,(H,27,28);2*1H. The van der Waals surface area contributed by atoms with E-state index < -0.39 is 0 Å². The van der Waals surface area contributed by atoms with Gasteiger partial charge in [0.2, 0.25) is 0 Å². The minimum Gasteiger partial charge on any atom is -0.493 e. The minimum atomic E-state index is -0.274. The number of rotatable bonds is 5. The number of hydrogen-bond donors (Lipinski definition) is 1. The zero-order valence-electron chi connectivity index (χ0n) is 17.8. The molecule has 0 saturated heterocycles. The zero-order valence-corrected chi connectivity index (χ0v) is 19.4. The van der Waals surface area contributed by atoms with E-state index in [1.54, 1.807) is 32.5 Å². The Balaban J connectivity index is 0.00000153. The molecule has 0 bridgehead atoms. The first-order valence-electron chi connectivity index (χ1n) is 9.67. The fourth-order valence-electron chi connectivity index (χ4n) is 3.69. The van der Waals surface area contributed by atoms with Crippen LogP contribution < -0.4 is 9.47 Å². The van der Waals surface area contributed by atoms with Crippen LogP contribution in [0.15, 0.2) is 73.2 Å². The first kappa shape index (κ1) is 24.1. The van der Waals surface area contributed by atoms with E-state index in [0.717, 1.165) is 39.3 Å². The van der Waals surface area contributed by atoms with Gasteiger partial charge in [0.15, 0.2) is 11.5 Å². The molecule has 0 aliphatic carbocycles. The lowest BCUT2D eigenvalue weighted by molar-refractivity contribution is 0.355. The minimum absolute atomic E-state index is 0.